The van der Waals surface area contributed by atoms with E-state index in [1.54, 1.807) is 24.0 Å². The number of amides is 6. The number of hydrogen-bond acceptors (Lipinski definition) is 4. The van der Waals surface area contributed by atoms with Gasteiger partial charge in [-0.3, -0.25) is 9.59 Å². The van der Waals surface area contributed by atoms with E-state index in [2.05, 4.69) is 22.8 Å². The summed E-state index contributed by atoms with van der Waals surface area (Å²) in [5.41, 5.74) is 4.55. The van der Waals surface area contributed by atoms with Crippen molar-refractivity contribution in [3.05, 3.63) is 79.8 Å². The van der Waals surface area contributed by atoms with Crippen molar-refractivity contribution in [1.82, 2.24) is 30.2 Å². The van der Waals surface area contributed by atoms with Gasteiger partial charge >= 0.3 is 12.1 Å². The highest BCUT2D eigenvalue weighted by molar-refractivity contribution is 6.35. The van der Waals surface area contributed by atoms with Crippen LogP contribution >= 0.6 is 46.4 Å². The quantitative estimate of drug-likeness (QED) is 0.290. The zero-order chi connectivity index (χ0) is 41.2. The zero-order valence-corrected chi connectivity index (χ0v) is 36.5. The number of likely N-dealkylation sites (tertiary alicyclic amines) is 2. The van der Waals surface area contributed by atoms with Crippen molar-refractivity contribution in [3.8, 4) is 0 Å². The van der Waals surface area contributed by atoms with Crippen molar-refractivity contribution in [3.63, 3.8) is 0 Å². The molecule has 2 aromatic rings. The standard InChI is InChI=1S/C22H29Cl2N3O2.C21H27Cl2N3O2/c1-3-21(28)27-10-8-20(9-11-27)26(2)22(29)25-19-6-4-15(5-7-19)16-12-17(23)14-18(24)13-16;1-14(27)26-9-7-20(8-10-26)25(2)21(28)24-19-5-3-15(4-6-19)16-11-17(22)13-18(23)12-16/h4,12-14,19-20H,3,5-11H2,1-2H3,(H,25,29);3,11-13,19-20H,4-10H2,1-2H3,(H,24,28). The minimum absolute atomic E-state index is 0.0297. The summed E-state index contributed by atoms with van der Waals surface area (Å²) in [4.78, 5) is 56.0. The molecule has 0 radical (unpaired) electrons. The molecule has 57 heavy (non-hydrogen) atoms. The van der Waals surface area contributed by atoms with Crippen LogP contribution in [0.5, 0.6) is 0 Å². The highest BCUT2D eigenvalue weighted by atomic mass is 35.5. The van der Waals surface area contributed by atoms with Gasteiger partial charge in [0.15, 0.2) is 0 Å². The number of benzene rings is 2. The molecule has 10 nitrogen and oxygen atoms in total. The van der Waals surface area contributed by atoms with E-state index < -0.39 is 0 Å². The molecule has 310 valence electrons. The molecule has 2 aliphatic heterocycles. The molecule has 2 unspecified atom stereocenters. The molecule has 2 fully saturated rings. The van der Waals surface area contributed by atoms with Crippen LogP contribution in [0.2, 0.25) is 20.1 Å². The van der Waals surface area contributed by atoms with E-state index >= 15 is 0 Å². The van der Waals surface area contributed by atoms with Crippen LogP contribution in [0.4, 0.5) is 9.59 Å². The van der Waals surface area contributed by atoms with Crippen LogP contribution in [0.25, 0.3) is 11.1 Å². The van der Waals surface area contributed by atoms with E-state index in [-0.39, 0.29) is 48.0 Å². The maximum atomic E-state index is 12.7. The van der Waals surface area contributed by atoms with Crippen LogP contribution < -0.4 is 10.6 Å². The smallest absolute Gasteiger partial charge is 0.317 e. The van der Waals surface area contributed by atoms with Crippen molar-refractivity contribution >= 4 is 81.4 Å². The van der Waals surface area contributed by atoms with Gasteiger partial charge in [0.05, 0.1) is 0 Å². The van der Waals surface area contributed by atoms with Gasteiger partial charge in [-0.05, 0) is 123 Å². The van der Waals surface area contributed by atoms with Gasteiger partial charge in [-0.2, -0.15) is 0 Å². The van der Waals surface area contributed by atoms with Gasteiger partial charge in [0, 0.05) is 97.9 Å². The SMILES string of the molecule is CC(=O)N1CCC(N(C)C(=O)NC2CC=C(c3cc(Cl)cc(Cl)c3)CC2)CC1.CCC(=O)N1CCC(N(C)C(=O)NC2CC=C(c3cc(Cl)cc(Cl)c3)CC2)CC1. The first-order chi connectivity index (χ1) is 27.2. The maximum Gasteiger partial charge on any atom is 0.317 e. The van der Waals surface area contributed by atoms with Gasteiger partial charge in [0.25, 0.3) is 0 Å². The topological polar surface area (TPSA) is 105 Å². The average molecular weight is 863 g/mol. The molecule has 2 N–H and O–H groups in total. The summed E-state index contributed by atoms with van der Waals surface area (Å²) in [7, 11) is 3.71. The lowest BCUT2D eigenvalue weighted by Gasteiger charge is -2.37. The number of hydrogen-bond donors (Lipinski definition) is 2. The monoisotopic (exact) mass is 860 g/mol. The molecular weight excluding hydrogens is 806 g/mol. The molecule has 0 bridgehead atoms. The van der Waals surface area contributed by atoms with Gasteiger partial charge in [-0.25, -0.2) is 9.59 Å². The number of carbonyl (C=O) groups is 4. The van der Waals surface area contributed by atoms with Crippen LogP contribution in [0.3, 0.4) is 0 Å². The molecule has 2 saturated heterocycles. The predicted octanol–water partition coefficient (Wildman–Crippen LogP) is 9.55. The summed E-state index contributed by atoms with van der Waals surface area (Å²) in [6.45, 7) is 6.38. The lowest BCUT2D eigenvalue weighted by Crippen LogP contribution is -2.51. The highest BCUT2D eigenvalue weighted by Crippen LogP contribution is 2.32. The third-order valence-corrected chi connectivity index (χ3v) is 12.6. The molecule has 2 aromatic carbocycles. The van der Waals surface area contributed by atoms with Gasteiger partial charge < -0.3 is 30.2 Å². The van der Waals surface area contributed by atoms with Crippen molar-refractivity contribution in [2.24, 2.45) is 0 Å². The summed E-state index contributed by atoms with van der Waals surface area (Å²) < 4.78 is 0. The number of carbonyl (C=O) groups excluding carboxylic acids is 4. The second-order valence-electron chi connectivity index (χ2n) is 15.5. The highest BCUT2D eigenvalue weighted by Gasteiger charge is 2.30. The summed E-state index contributed by atoms with van der Waals surface area (Å²) in [5.74, 6) is 0.303. The first-order valence-electron chi connectivity index (χ1n) is 20.1. The molecule has 2 aliphatic carbocycles. The molecule has 0 spiro atoms. The minimum Gasteiger partial charge on any atom is -0.343 e. The van der Waals surface area contributed by atoms with E-state index in [0.717, 1.165) is 102 Å². The molecule has 6 rings (SSSR count). The van der Waals surface area contributed by atoms with E-state index in [1.807, 2.05) is 60.0 Å². The van der Waals surface area contributed by atoms with Gasteiger partial charge in [0.1, 0.15) is 0 Å². The van der Waals surface area contributed by atoms with Crippen molar-refractivity contribution < 1.29 is 19.2 Å². The van der Waals surface area contributed by atoms with Crippen LogP contribution in [0, 0.1) is 0 Å². The second-order valence-corrected chi connectivity index (χ2v) is 17.3. The largest absolute Gasteiger partial charge is 0.343 e. The third-order valence-electron chi connectivity index (χ3n) is 11.7. The summed E-state index contributed by atoms with van der Waals surface area (Å²) in [5, 5.41) is 8.86. The number of nitrogens with zero attached hydrogens (tertiary/aromatic N) is 4. The Bertz CT molecular complexity index is 1780. The van der Waals surface area contributed by atoms with E-state index in [4.69, 9.17) is 46.4 Å². The number of urea groups is 2. The number of nitrogens with one attached hydrogen (secondary N) is 2. The summed E-state index contributed by atoms with van der Waals surface area (Å²) in [6.07, 6.45) is 13.3. The second kappa shape index (κ2) is 21.0. The Kier molecular flexibility index (Phi) is 16.5. The lowest BCUT2D eigenvalue weighted by molar-refractivity contribution is -0.132. The fraction of sp³-hybridized carbons (Fsp3) is 0.535. The van der Waals surface area contributed by atoms with Crippen LogP contribution in [-0.4, -0.2) is 108 Å². The molecule has 0 aromatic heterocycles. The van der Waals surface area contributed by atoms with Gasteiger partial charge in [-0.1, -0.05) is 65.5 Å². The van der Waals surface area contributed by atoms with Crippen molar-refractivity contribution in [2.45, 2.75) is 109 Å². The van der Waals surface area contributed by atoms with Crippen LogP contribution in [0.15, 0.2) is 48.6 Å². The normalized spacial score (nSPS) is 20.4. The maximum absolute atomic E-state index is 12.7. The van der Waals surface area contributed by atoms with Gasteiger partial charge in [0.2, 0.25) is 11.8 Å². The number of piperidine rings is 2. The Hall–Kier alpha value is -3.44. The average Bonchev–Trinajstić information content (AvgIpc) is 3.20. The van der Waals surface area contributed by atoms with E-state index in [1.165, 1.54) is 11.1 Å². The minimum atomic E-state index is -0.0334. The fourth-order valence-corrected chi connectivity index (χ4v) is 9.16. The Morgan fingerprint density at radius 2 is 0.982 bits per heavy atom. The Labute approximate surface area is 357 Å². The predicted molar refractivity (Wildman–Crippen MR) is 232 cm³/mol. The first kappa shape index (κ1) is 44.7. The molecule has 6 amide bonds. The fourth-order valence-electron chi connectivity index (χ4n) is 8.11. The summed E-state index contributed by atoms with van der Waals surface area (Å²) in [6, 6.07) is 11.7. The zero-order valence-electron chi connectivity index (χ0n) is 33.5. The Balaban J connectivity index is 0.000000218. The van der Waals surface area contributed by atoms with Crippen molar-refractivity contribution in [2.75, 3.05) is 40.3 Å². The van der Waals surface area contributed by atoms with E-state index in [9.17, 15) is 19.2 Å². The van der Waals surface area contributed by atoms with Crippen LogP contribution in [0.1, 0.15) is 95.6 Å². The molecule has 4 aliphatic rings. The molecule has 2 atom stereocenters. The van der Waals surface area contributed by atoms with E-state index in [0.29, 0.717) is 26.5 Å². The van der Waals surface area contributed by atoms with Crippen molar-refractivity contribution in [1.29, 1.82) is 0 Å². The third kappa shape index (κ3) is 12.8. The Morgan fingerprint density at radius 1 is 0.614 bits per heavy atom. The molecule has 14 heteroatoms. The van der Waals surface area contributed by atoms with Gasteiger partial charge in [-0.15, -0.1) is 0 Å². The number of allylic oxidation sites excluding steroid dienone is 2. The molecule has 2 heterocycles. The lowest BCUT2D eigenvalue weighted by atomic mass is 9.91. The molecular formula is C43H56Cl4N6O4. The number of rotatable bonds is 7. The van der Waals surface area contributed by atoms with Crippen LogP contribution in [-0.2, 0) is 9.59 Å². The molecule has 0 saturated carbocycles. The summed E-state index contributed by atoms with van der Waals surface area (Å²) >= 11 is 24.4. The Morgan fingerprint density at radius 3 is 1.30 bits per heavy atom. The number of halogens is 4. The first-order valence-corrected chi connectivity index (χ1v) is 21.6.